The van der Waals surface area contributed by atoms with Crippen LogP contribution in [-0.4, -0.2) is 27.6 Å². The topological polar surface area (TPSA) is 77.5 Å². The summed E-state index contributed by atoms with van der Waals surface area (Å²) in [4.78, 5) is 4.50. The Morgan fingerprint density at radius 1 is 1.00 bits per heavy atom. The summed E-state index contributed by atoms with van der Waals surface area (Å²) < 4.78 is 39.6. The summed E-state index contributed by atoms with van der Waals surface area (Å²) in [6.45, 7) is 0. The van der Waals surface area contributed by atoms with Crippen LogP contribution in [0.3, 0.4) is 0 Å². The Balaban J connectivity index is 1.78. The predicted molar refractivity (Wildman–Crippen MR) is 107 cm³/mol. The summed E-state index contributed by atoms with van der Waals surface area (Å²) in [5.41, 5.74) is 0.772. The number of fused-ring (bicyclic) bond motifs is 3. The first-order valence-electron chi connectivity index (χ1n) is 8.05. The van der Waals surface area contributed by atoms with E-state index >= 15 is 0 Å². The summed E-state index contributed by atoms with van der Waals surface area (Å²) in [7, 11) is -0.999. The van der Waals surface area contributed by atoms with Crippen molar-refractivity contribution in [3.63, 3.8) is 0 Å². The van der Waals surface area contributed by atoms with Gasteiger partial charge in [0.1, 0.15) is 16.4 Å². The second-order valence-electron chi connectivity index (χ2n) is 5.77. The number of rotatable bonds is 5. The molecule has 0 aliphatic rings. The third kappa shape index (κ3) is 3.17. The fourth-order valence-electron chi connectivity index (χ4n) is 2.87. The molecule has 0 amide bonds. The number of anilines is 1. The van der Waals surface area contributed by atoms with E-state index in [9.17, 15) is 8.42 Å². The van der Waals surface area contributed by atoms with E-state index in [4.69, 9.17) is 9.47 Å². The van der Waals surface area contributed by atoms with Gasteiger partial charge in [0.05, 0.1) is 24.4 Å². The van der Waals surface area contributed by atoms with E-state index in [1.54, 1.807) is 12.1 Å². The summed E-state index contributed by atoms with van der Waals surface area (Å²) in [5.74, 6) is 0.654. The maximum Gasteiger partial charge on any atom is 0.267 e. The number of ether oxygens (including phenoxy) is 2. The minimum absolute atomic E-state index is 0.00605. The van der Waals surface area contributed by atoms with Gasteiger partial charge in [-0.05, 0) is 23.6 Å². The lowest BCUT2D eigenvalue weighted by Gasteiger charge is -2.11. The lowest BCUT2D eigenvalue weighted by Crippen LogP contribution is -2.14. The third-order valence-corrected chi connectivity index (χ3v) is 6.59. The number of hydrogen-bond acceptors (Lipinski definition) is 6. The second-order valence-corrected chi connectivity index (χ2v) is 8.46. The van der Waals surface area contributed by atoms with Gasteiger partial charge >= 0.3 is 0 Å². The second kappa shape index (κ2) is 6.71. The smallest absolute Gasteiger partial charge is 0.267 e. The molecule has 0 saturated carbocycles. The Morgan fingerprint density at radius 2 is 1.81 bits per heavy atom. The van der Waals surface area contributed by atoms with Gasteiger partial charge in [0.25, 0.3) is 10.0 Å². The van der Waals surface area contributed by atoms with Gasteiger partial charge in [0.15, 0.2) is 5.13 Å². The molecular weight excluding hydrogens is 384 g/mol. The molecule has 0 aliphatic carbocycles. The summed E-state index contributed by atoms with van der Waals surface area (Å²) >= 11 is 1.28. The number of benzene rings is 3. The van der Waals surface area contributed by atoms with E-state index < -0.39 is 10.0 Å². The molecule has 0 saturated heterocycles. The molecule has 138 valence electrons. The van der Waals surface area contributed by atoms with Gasteiger partial charge in [-0.1, -0.05) is 41.7 Å². The van der Waals surface area contributed by atoms with Crippen LogP contribution in [0.1, 0.15) is 0 Å². The molecule has 3 aromatic carbocycles. The van der Waals surface area contributed by atoms with E-state index in [1.807, 2.05) is 36.4 Å². The lowest BCUT2D eigenvalue weighted by molar-refractivity contribution is 0.392. The van der Waals surface area contributed by atoms with Crippen molar-refractivity contribution < 1.29 is 17.9 Å². The van der Waals surface area contributed by atoms with Crippen LogP contribution in [0, 0.1) is 0 Å². The molecule has 0 atom stereocenters. The van der Waals surface area contributed by atoms with Crippen LogP contribution >= 0.6 is 11.3 Å². The number of hydrogen-bond donors (Lipinski definition) is 1. The minimum atomic E-state index is -3.90. The molecule has 1 aromatic heterocycles. The number of sulfonamides is 1. The molecule has 1 N–H and O–H groups in total. The number of aromatic nitrogens is 1. The van der Waals surface area contributed by atoms with Gasteiger partial charge in [-0.25, -0.2) is 13.4 Å². The van der Waals surface area contributed by atoms with Crippen LogP contribution in [-0.2, 0) is 10.0 Å². The van der Waals surface area contributed by atoms with E-state index in [2.05, 4.69) is 9.71 Å². The van der Waals surface area contributed by atoms with Crippen molar-refractivity contribution in [1.82, 2.24) is 4.98 Å². The van der Waals surface area contributed by atoms with Crippen LogP contribution in [0.5, 0.6) is 11.5 Å². The Labute approximate surface area is 160 Å². The Hall–Kier alpha value is -2.84. The third-order valence-electron chi connectivity index (χ3n) is 4.17. The summed E-state index contributed by atoms with van der Waals surface area (Å²) in [6, 6.07) is 16.4. The van der Waals surface area contributed by atoms with Crippen molar-refractivity contribution in [3.05, 3.63) is 54.6 Å². The molecule has 0 fully saturated rings. The number of methoxy groups -OCH3 is 2. The number of nitrogens with one attached hydrogen (secondary N) is 1. The largest absolute Gasteiger partial charge is 0.497 e. The van der Waals surface area contributed by atoms with Crippen LogP contribution in [0.2, 0.25) is 0 Å². The molecule has 8 heteroatoms. The van der Waals surface area contributed by atoms with Crippen molar-refractivity contribution in [2.75, 3.05) is 18.9 Å². The average molecular weight is 400 g/mol. The SMILES string of the molecule is COc1ccc(OC)c(S(=O)(=O)Nc2nc3c(ccc4ccccc43)s2)c1. The lowest BCUT2D eigenvalue weighted by atomic mass is 10.1. The van der Waals surface area contributed by atoms with Gasteiger partial charge in [-0.2, -0.15) is 0 Å². The summed E-state index contributed by atoms with van der Waals surface area (Å²) in [5, 5.41) is 2.33. The van der Waals surface area contributed by atoms with E-state index in [0.717, 1.165) is 21.0 Å². The maximum atomic E-state index is 12.9. The highest BCUT2D eigenvalue weighted by molar-refractivity contribution is 7.93. The first kappa shape index (κ1) is 17.6. The zero-order chi connectivity index (χ0) is 19.0. The molecule has 4 rings (SSSR count). The van der Waals surface area contributed by atoms with Crippen LogP contribution < -0.4 is 14.2 Å². The van der Waals surface area contributed by atoms with Gasteiger partial charge < -0.3 is 9.47 Å². The molecule has 0 spiro atoms. The standard InChI is InChI=1S/C19H16N2O4S2/c1-24-13-8-9-15(25-2)17(11-13)27(22,23)21-19-20-18-14-6-4-3-5-12(14)7-10-16(18)26-19/h3-11H,1-2H3,(H,20,21). The molecule has 0 bridgehead atoms. The highest BCUT2D eigenvalue weighted by Crippen LogP contribution is 2.34. The fraction of sp³-hybridized carbons (Fsp3) is 0.105. The van der Waals surface area contributed by atoms with Gasteiger partial charge in [0, 0.05) is 11.5 Å². The average Bonchev–Trinajstić information content (AvgIpc) is 3.09. The van der Waals surface area contributed by atoms with Crippen molar-refractivity contribution in [1.29, 1.82) is 0 Å². The highest BCUT2D eigenvalue weighted by Gasteiger charge is 2.22. The molecule has 0 unspecified atom stereocenters. The first-order valence-corrected chi connectivity index (χ1v) is 10.3. The van der Waals surface area contributed by atoms with Crippen molar-refractivity contribution >= 4 is 47.5 Å². The zero-order valence-electron chi connectivity index (χ0n) is 14.6. The Morgan fingerprint density at radius 3 is 2.59 bits per heavy atom. The van der Waals surface area contributed by atoms with Crippen LogP contribution in [0.15, 0.2) is 59.5 Å². The molecule has 6 nitrogen and oxygen atoms in total. The molecule has 27 heavy (non-hydrogen) atoms. The number of thiazole rings is 1. The number of nitrogens with zero attached hydrogens (tertiary/aromatic N) is 1. The maximum absolute atomic E-state index is 12.9. The molecule has 0 radical (unpaired) electrons. The van der Waals surface area contributed by atoms with E-state index in [0.29, 0.717) is 10.9 Å². The Bertz CT molecular complexity index is 1250. The van der Waals surface area contributed by atoms with E-state index in [1.165, 1.54) is 31.6 Å². The van der Waals surface area contributed by atoms with Crippen molar-refractivity contribution in [3.8, 4) is 11.5 Å². The fourth-order valence-corrected chi connectivity index (χ4v) is 5.17. The van der Waals surface area contributed by atoms with E-state index in [-0.39, 0.29) is 10.6 Å². The zero-order valence-corrected chi connectivity index (χ0v) is 16.2. The van der Waals surface area contributed by atoms with Crippen LogP contribution in [0.4, 0.5) is 5.13 Å². The first-order chi connectivity index (χ1) is 13.0. The minimum Gasteiger partial charge on any atom is -0.497 e. The van der Waals surface area contributed by atoms with Crippen molar-refractivity contribution in [2.45, 2.75) is 4.90 Å². The monoisotopic (exact) mass is 400 g/mol. The van der Waals surface area contributed by atoms with Gasteiger partial charge in [-0.3, -0.25) is 4.72 Å². The molecular formula is C19H16N2O4S2. The van der Waals surface area contributed by atoms with Gasteiger partial charge in [-0.15, -0.1) is 0 Å². The van der Waals surface area contributed by atoms with Crippen molar-refractivity contribution in [2.24, 2.45) is 0 Å². The summed E-state index contributed by atoms with van der Waals surface area (Å²) in [6.07, 6.45) is 0. The predicted octanol–water partition coefficient (Wildman–Crippen LogP) is 4.27. The highest BCUT2D eigenvalue weighted by atomic mass is 32.2. The van der Waals surface area contributed by atoms with Gasteiger partial charge in [0.2, 0.25) is 0 Å². The molecule has 0 aliphatic heterocycles. The van der Waals surface area contributed by atoms with Crippen LogP contribution in [0.25, 0.3) is 21.0 Å². The quantitative estimate of drug-likeness (QED) is 0.541. The Kier molecular flexibility index (Phi) is 4.37. The normalized spacial score (nSPS) is 11.6. The molecule has 1 heterocycles. The molecule has 4 aromatic rings.